The second kappa shape index (κ2) is 7.62. The molecule has 1 heterocycles. The monoisotopic (exact) mass is 387 g/mol. The van der Waals surface area contributed by atoms with E-state index in [0.29, 0.717) is 16.1 Å². The number of thiophene rings is 1. The van der Waals surface area contributed by atoms with Crippen molar-refractivity contribution in [3.8, 4) is 0 Å². The number of nitrogens with two attached hydrogens (primary N) is 2. The molecule has 25 heavy (non-hydrogen) atoms. The molecule has 132 valence electrons. The van der Waals surface area contributed by atoms with E-state index in [0.717, 1.165) is 12.1 Å². The van der Waals surface area contributed by atoms with Gasteiger partial charge in [-0.05, 0) is 29.8 Å². The molecule has 0 saturated carbocycles. The van der Waals surface area contributed by atoms with Crippen LogP contribution >= 0.6 is 22.9 Å². The van der Waals surface area contributed by atoms with Gasteiger partial charge in [0.25, 0.3) is 5.91 Å². The number of halogens is 4. The van der Waals surface area contributed by atoms with Gasteiger partial charge >= 0.3 is 6.18 Å². The normalized spacial score (nSPS) is 13.0. The summed E-state index contributed by atoms with van der Waals surface area (Å²) in [4.78, 5) is 11.9. The van der Waals surface area contributed by atoms with Gasteiger partial charge in [0.15, 0.2) is 0 Å². The fourth-order valence-corrected chi connectivity index (χ4v) is 2.86. The first kappa shape index (κ1) is 18.9. The highest BCUT2D eigenvalue weighted by atomic mass is 35.5. The summed E-state index contributed by atoms with van der Waals surface area (Å²) in [6, 6.07) is 4.37. The second-order valence-electron chi connectivity index (χ2n) is 4.91. The van der Waals surface area contributed by atoms with Crippen LogP contribution in [0.5, 0.6) is 0 Å². The van der Waals surface area contributed by atoms with Crippen molar-refractivity contribution in [2.24, 2.45) is 11.5 Å². The van der Waals surface area contributed by atoms with Gasteiger partial charge in [0, 0.05) is 16.5 Å². The van der Waals surface area contributed by atoms with E-state index in [2.05, 4.69) is 5.32 Å². The van der Waals surface area contributed by atoms with Crippen LogP contribution in [0.3, 0.4) is 0 Å². The number of rotatable bonds is 4. The summed E-state index contributed by atoms with van der Waals surface area (Å²) in [5.41, 5.74) is 11.6. The van der Waals surface area contributed by atoms with Crippen molar-refractivity contribution in [3.63, 3.8) is 0 Å². The van der Waals surface area contributed by atoms with E-state index < -0.39 is 17.6 Å². The highest BCUT2D eigenvalue weighted by Crippen LogP contribution is 2.29. The predicted molar refractivity (Wildman–Crippen MR) is 92.7 cm³/mol. The molecule has 0 aliphatic carbocycles. The van der Waals surface area contributed by atoms with E-state index in [1.54, 1.807) is 10.8 Å². The van der Waals surface area contributed by atoms with Crippen molar-refractivity contribution in [3.05, 3.63) is 74.7 Å². The van der Waals surface area contributed by atoms with Gasteiger partial charge in [-0.15, -0.1) is 11.3 Å². The van der Waals surface area contributed by atoms with Gasteiger partial charge in [-0.25, -0.2) is 0 Å². The Morgan fingerprint density at radius 2 is 1.76 bits per heavy atom. The minimum absolute atomic E-state index is 0.0159. The van der Waals surface area contributed by atoms with Crippen LogP contribution in [0.2, 0.25) is 5.02 Å². The Hall–Kier alpha value is -2.45. The number of alkyl halides is 3. The number of carbonyl (C=O) groups excluding carboxylic acids is 1. The fraction of sp³-hybridized carbons (Fsp3) is 0.0625. The number of allylic oxidation sites excluding steroid dienone is 2. The van der Waals surface area contributed by atoms with Crippen molar-refractivity contribution in [1.29, 1.82) is 0 Å². The lowest BCUT2D eigenvalue weighted by Crippen LogP contribution is -2.27. The van der Waals surface area contributed by atoms with E-state index in [4.69, 9.17) is 23.1 Å². The molecular weight excluding hydrogens is 375 g/mol. The van der Waals surface area contributed by atoms with Gasteiger partial charge in [-0.3, -0.25) is 4.79 Å². The molecular formula is C16H13ClF3N3OS. The number of hydrogen-bond acceptors (Lipinski definition) is 4. The van der Waals surface area contributed by atoms with E-state index in [9.17, 15) is 18.0 Å². The number of carbonyl (C=O) groups is 1. The topological polar surface area (TPSA) is 81.1 Å². The first-order chi connectivity index (χ1) is 11.7. The van der Waals surface area contributed by atoms with Crippen molar-refractivity contribution < 1.29 is 18.0 Å². The first-order valence-corrected chi connectivity index (χ1v) is 8.14. The average molecular weight is 388 g/mol. The number of hydrogen-bond donors (Lipinski definition) is 3. The third kappa shape index (κ3) is 5.01. The van der Waals surface area contributed by atoms with Crippen molar-refractivity contribution in [1.82, 2.24) is 5.32 Å². The summed E-state index contributed by atoms with van der Waals surface area (Å²) in [7, 11) is 0. The second-order valence-corrected chi connectivity index (χ2v) is 6.06. The Balaban J connectivity index is 2.07. The Bertz CT molecular complexity index is 826. The predicted octanol–water partition coefficient (Wildman–Crippen LogP) is 3.95. The molecule has 9 heteroatoms. The fourth-order valence-electron chi connectivity index (χ4n) is 1.81. The minimum atomic E-state index is -4.41. The third-order valence-electron chi connectivity index (χ3n) is 3.11. The lowest BCUT2D eigenvalue weighted by atomic mass is 10.1. The van der Waals surface area contributed by atoms with Crippen LogP contribution in [0.4, 0.5) is 13.2 Å². The molecule has 0 radical (unpaired) electrons. The highest BCUT2D eigenvalue weighted by Gasteiger charge is 2.29. The molecule has 0 atom stereocenters. The summed E-state index contributed by atoms with van der Waals surface area (Å²) in [5, 5.41) is 5.94. The lowest BCUT2D eigenvalue weighted by molar-refractivity contribution is -0.137. The molecule has 0 saturated heterocycles. The molecule has 2 rings (SSSR count). The van der Waals surface area contributed by atoms with E-state index in [1.165, 1.54) is 35.6 Å². The summed E-state index contributed by atoms with van der Waals surface area (Å²) >= 11 is 7.12. The van der Waals surface area contributed by atoms with Gasteiger partial charge in [-0.1, -0.05) is 23.7 Å². The van der Waals surface area contributed by atoms with Crippen LogP contribution in [-0.4, -0.2) is 5.91 Å². The molecule has 1 aromatic carbocycles. The third-order valence-corrected chi connectivity index (χ3v) is 4.29. The maximum absolute atomic E-state index is 12.5. The van der Waals surface area contributed by atoms with Crippen molar-refractivity contribution in [2.45, 2.75) is 6.18 Å². The van der Waals surface area contributed by atoms with Crippen LogP contribution in [0.1, 0.15) is 21.5 Å². The standard InChI is InChI=1S/C16H13ClF3N3OS/c17-12-8-25-7-11(12)15(24)23-14(22)6-5-13(21)9-1-3-10(4-2-9)16(18,19)20/h1-8H,21-22H2,(H,23,24)/b13-5-,14-6+. The van der Waals surface area contributed by atoms with Crippen LogP contribution in [0.15, 0.2) is 53.0 Å². The maximum atomic E-state index is 12.5. The van der Waals surface area contributed by atoms with E-state index in [1.807, 2.05) is 0 Å². The van der Waals surface area contributed by atoms with Crippen molar-refractivity contribution in [2.75, 3.05) is 0 Å². The summed E-state index contributed by atoms with van der Waals surface area (Å²) < 4.78 is 37.6. The molecule has 1 amide bonds. The summed E-state index contributed by atoms with van der Waals surface area (Å²) in [6.07, 6.45) is -1.69. The van der Waals surface area contributed by atoms with E-state index >= 15 is 0 Å². The first-order valence-electron chi connectivity index (χ1n) is 6.82. The van der Waals surface area contributed by atoms with Crippen LogP contribution in [-0.2, 0) is 6.18 Å². The molecule has 0 unspecified atom stereocenters. The molecule has 0 aliphatic heterocycles. The lowest BCUT2D eigenvalue weighted by Gasteiger charge is -2.08. The smallest absolute Gasteiger partial charge is 0.398 e. The van der Waals surface area contributed by atoms with Gasteiger partial charge < -0.3 is 16.8 Å². The van der Waals surface area contributed by atoms with Crippen LogP contribution in [0.25, 0.3) is 5.70 Å². The van der Waals surface area contributed by atoms with Gasteiger partial charge in [0.05, 0.1) is 16.1 Å². The Morgan fingerprint density at radius 3 is 2.28 bits per heavy atom. The molecule has 0 spiro atoms. The average Bonchev–Trinajstić information content (AvgIpc) is 2.98. The minimum Gasteiger partial charge on any atom is -0.398 e. The number of benzene rings is 1. The molecule has 0 fully saturated rings. The van der Waals surface area contributed by atoms with E-state index in [-0.39, 0.29) is 11.5 Å². The largest absolute Gasteiger partial charge is 0.416 e. The van der Waals surface area contributed by atoms with Gasteiger partial charge in [0.2, 0.25) is 0 Å². The maximum Gasteiger partial charge on any atom is 0.416 e. The SMILES string of the molecule is N/C(=C\C=C(/N)NC(=O)c1cscc1Cl)c1ccc(C(F)(F)F)cc1. The van der Waals surface area contributed by atoms with Crippen LogP contribution in [0, 0.1) is 0 Å². The molecule has 0 bridgehead atoms. The Kier molecular flexibility index (Phi) is 5.76. The van der Waals surface area contributed by atoms with Gasteiger partial charge in [0.1, 0.15) is 5.82 Å². The Labute approximate surface area is 150 Å². The number of nitrogens with one attached hydrogen (secondary N) is 1. The quantitative estimate of drug-likeness (QED) is 0.695. The Morgan fingerprint density at radius 1 is 1.12 bits per heavy atom. The molecule has 4 nitrogen and oxygen atoms in total. The van der Waals surface area contributed by atoms with Gasteiger partial charge in [-0.2, -0.15) is 13.2 Å². The summed E-state index contributed by atoms with van der Waals surface area (Å²) in [5.74, 6) is -0.455. The van der Waals surface area contributed by atoms with Crippen molar-refractivity contribution >= 4 is 34.5 Å². The van der Waals surface area contributed by atoms with Crippen LogP contribution < -0.4 is 16.8 Å². The zero-order valence-electron chi connectivity index (χ0n) is 12.6. The zero-order chi connectivity index (χ0) is 18.6. The molecule has 2 aromatic rings. The molecule has 5 N–H and O–H groups in total. The summed E-state index contributed by atoms with van der Waals surface area (Å²) in [6.45, 7) is 0. The number of amides is 1. The highest BCUT2D eigenvalue weighted by molar-refractivity contribution is 7.08. The molecule has 0 aliphatic rings. The zero-order valence-corrected chi connectivity index (χ0v) is 14.2. The molecule has 1 aromatic heterocycles.